The maximum Gasteiger partial charge on any atom is 0.286 e. The fourth-order valence-electron chi connectivity index (χ4n) is 1.95. The third kappa shape index (κ3) is 3.99. The van der Waals surface area contributed by atoms with Crippen LogP contribution in [0.3, 0.4) is 0 Å². The molecule has 0 spiro atoms. The molecule has 0 aliphatic rings. The first-order valence-corrected chi connectivity index (χ1v) is 6.89. The maximum atomic E-state index is 12.2. The smallest absolute Gasteiger partial charge is 0.286 e. The van der Waals surface area contributed by atoms with E-state index in [1.165, 1.54) is 32.7 Å². The van der Waals surface area contributed by atoms with Crippen molar-refractivity contribution >= 4 is 17.5 Å². The Morgan fingerprint density at radius 1 is 1.12 bits per heavy atom. The molecule has 2 N–H and O–H groups in total. The molecule has 0 aliphatic heterocycles. The molecule has 2 aromatic rings. The van der Waals surface area contributed by atoms with Crippen molar-refractivity contribution in [3.8, 4) is 11.5 Å². The molecule has 0 atom stereocenters. The summed E-state index contributed by atoms with van der Waals surface area (Å²) in [6.45, 7) is 0. The number of nitrogens with one attached hydrogen (secondary N) is 2. The summed E-state index contributed by atoms with van der Waals surface area (Å²) in [7, 11) is 2.64. The Kier molecular flexibility index (Phi) is 5.46. The minimum absolute atomic E-state index is 0.102. The van der Waals surface area contributed by atoms with Crippen LogP contribution in [0, 0.1) is 10.1 Å². The fourth-order valence-corrected chi connectivity index (χ4v) is 1.95. The average Bonchev–Trinajstić information content (AvgIpc) is 2.65. The van der Waals surface area contributed by atoms with Crippen molar-refractivity contribution in [2.75, 3.05) is 14.2 Å². The van der Waals surface area contributed by atoms with Crippen LogP contribution in [0.5, 0.6) is 11.5 Å². The van der Waals surface area contributed by atoms with E-state index < -0.39 is 22.4 Å². The summed E-state index contributed by atoms with van der Waals surface area (Å²) in [5, 5.41) is 11.2. The van der Waals surface area contributed by atoms with Gasteiger partial charge in [0.25, 0.3) is 17.5 Å². The van der Waals surface area contributed by atoms with E-state index >= 15 is 0 Å². The van der Waals surface area contributed by atoms with Crippen LogP contribution in [0.2, 0.25) is 0 Å². The van der Waals surface area contributed by atoms with Crippen molar-refractivity contribution in [1.29, 1.82) is 0 Å². The Bertz CT molecular complexity index is 809. The largest absolute Gasteiger partial charge is 0.493 e. The van der Waals surface area contributed by atoms with Gasteiger partial charge in [0, 0.05) is 18.5 Å². The van der Waals surface area contributed by atoms with Crippen LogP contribution >= 0.6 is 0 Å². The van der Waals surface area contributed by atoms with E-state index in [0.717, 1.165) is 12.1 Å². The van der Waals surface area contributed by atoms with Crippen molar-refractivity contribution in [2.24, 2.45) is 0 Å². The molecule has 0 bridgehead atoms. The summed E-state index contributed by atoms with van der Waals surface area (Å²) in [5.41, 5.74) is 3.69. The summed E-state index contributed by atoms with van der Waals surface area (Å²) in [4.78, 5) is 38.3. The van der Waals surface area contributed by atoms with E-state index in [9.17, 15) is 19.7 Å². The van der Waals surface area contributed by atoms with Gasteiger partial charge in [-0.25, -0.2) is 0 Å². The van der Waals surface area contributed by atoms with E-state index in [1.807, 2.05) is 0 Å². The van der Waals surface area contributed by atoms with E-state index in [-0.39, 0.29) is 22.6 Å². The maximum absolute atomic E-state index is 12.2. The lowest BCUT2D eigenvalue weighted by Crippen LogP contribution is -2.41. The second-order valence-corrected chi connectivity index (χ2v) is 4.63. The van der Waals surface area contributed by atoms with Gasteiger partial charge < -0.3 is 9.47 Å². The number of hydrogen-bond acceptors (Lipinski definition) is 7. The van der Waals surface area contributed by atoms with Gasteiger partial charge >= 0.3 is 0 Å². The van der Waals surface area contributed by atoms with Gasteiger partial charge in [0.2, 0.25) is 0 Å². The van der Waals surface area contributed by atoms with Gasteiger partial charge in [0.15, 0.2) is 11.5 Å². The number of hydrogen-bond donors (Lipinski definition) is 2. The van der Waals surface area contributed by atoms with Gasteiger partial charge in [0.1, 0.15) is 5.56 Å². The van der Waals surface area contributed by atoms with Crippen LogP contribution in [0.1, 0.15) is 20.7 Å². The number of nitro benzene ring substituents is 1. The van der Waals surface area contributed by atoms with Crippen LogP contribution in [0.25, 0.3) is 0 Å². The van der Waals surface area contributed by atoms with Crippen LogP contribution < -0.4 is 20.3 Å². The first-order chi connectivity index (χ1) is 12.0. The summed E-state index contributed by atoms with van der Waals surface area (Å²) in [5.74, 6) is -1.27. The van der Waals surface area contributed by atoms with Crippen LogP contribution in [0.4, 0.5) is 5.69 Å². The zero-order valence-corrected chi connectivity index (χ0v) is 13.3. The van der Waals surface area contributed by atoms with Crippen molar-refractivity contribution in [1.82, 2.24) is 15.8 Å². The topological polar surface area (TPSA) is 133 Å². The zero-order chi connectivity index (χ0) is 18.4. The number of benzene rings is 1. The van der Waals surface area contributed by atoms with Gasteiger partial charge in [-0.1, -0.05) is 0 Å². The number of nitrogens with zero attached hydrogens (tertiary/aromatic N) is 2. The first kappa shape index (κ1) is 17.7. The van der Waals surface area contributed by atoms with Crippen molar-refractivity contribution < 1.29 is 24.0 Å². The molecule has 0 radical (unpaired) electrons. The van der Waals surface area contributed by atoms with E-state index in [0.29, 0.717) is 0 Å². The monoisotopic (exact) mass is 346 g/mol. The minimum atomic E-state index is -0.884. The summed E-state index contributed by atoms with van der Waals surface area (Å²) in [6.07, 6.45) is 2.79. The number of methoxy groups -OCH3 is 2. The highest BCUT2D eigenvalue weighted by molar-refractivity contribution is 6.01. The van der Waals surface area contributed by atoms with Gasteiger partial charge in [-0.15, -0.1) is 0 Å². The number of pyridine rings is 1. The van der Waals surface area contributed by atoms with Gasteiger partial charge in [-0.3, -0.25) is 35.5 Å². The molecule has 2 amide bonds. The van der Waals surface area contributed by atoms with Gasteiger partial charge in [-0.2, -0.15) is 0 Å². The molecule has 25 heavy (non-hydrogen) atoms. The molecule has 1 heterocycles. The zero-order valence-electron chi connectivity index (χ0n) is 13.3. The van der Waals surface area contributed by atoms with Gasteiger partial charge in [0.05, 0.1) is 30.8 Å². The second kappa shape index (κ2) is 7.73. The highest BCUT2D eigenvalue weighted by atomic mass is 16.6. The number of ether oxygens (including phenoxy) is 2. The Morgan fingerprint density at radius 2 is 1.76 bits per heavy atom. The number of nitro groups is 1. The van der Waals surface area contributed by atoms with E-state index in [4.69, 9.17) is 9.47 Å². The predicted molar refractivity (Wildman–Crippen MR) is 85.4 cm³/mol. The lowest BCUT2D eigenvalue weighted by atomic mass is 10.1. The van der Waals surface area contributed by atoms with Crippen molar-refractivity contribution in [3.05, 3.63) is 57.9 Å². The molecule has 10 nitrogen and oxygen atoms in total. The molecule has 1 aromatic heterocycles. The number of amides is 2. The molecule has 0 saturated carbocycles. The molecule has 1 aromatic carbocycles. The Hall–Kier alpha value is -3.69. The summed E-state index contributed by atoms with van der Waals surface area (Å²) < 4.78 is 10.0. The molecular weight excluding hydrogens is 332 g/mol. The number of hydrazine groups is 1. The number of carbonyl (C=O) groups is 2. The molecular formula is C15H14N4O6. The van der Waals surface area contributed by atoms with Gasteiger partial charge in [-0.05, 0) is 12.1 Å². The predicted octanol–water partition coefficient (Wildman–Crippen LogP) is 1.08. The summed E-state index contributed by atoms with van der Waals surface area (Å²) >= 11 is 0. The summed E-state index contributed by atoms with van der Waals surface area (Å²) in [6, 6.07) is 5.27. The molecule has 0 unspecified atom stereocenters. The molecule has 10 heteroatoms. The second-order valence-electron chi connectivity index (χ2n) is 4.63. The molecule has 0 saturated heterocycles. The Labute approximate surface area is 141 Å². The number of carbonyl (C=O) groups excluding carboxylic acids is 2. The highest BCUT2D eigenvalue weighted by Gasteiger charge is 2.25. The molecule has 0 fully saturated rings. The SMILES string of the molecule is COc1cc(C(=O)NNC(=O)c2cccnc2)c([N+](=O)[O-])cc1OC. The third-order valence-corrected chi connectivity index (χ3v) is 3.16. The molecule has 0 aliphatic carbocycles. The number of aromatic nitrogens is 1. The standard InChI is InChI=1S/C15H14N4O6/c1-24-12-6-10(11(19(22)23)7-13(12)25-2)15(21)18-17-14(20)9-4-3-5-16-8-9/h3-8H,1-2H3,(H,17,20)(H,18,21). The van der Waals surface area contributed by atoms with Crippen LogP contribution in [0.15, 0.2) is 36.7 Å². The third-order valence-electron chi connectivity index (χ3n) is 3.16. The lowest BCUT2D eigenvalue weighted by molar-refractivity contribution is -0.385. The Balaban J connectivity index is 2.23. The van der Waals surface area contributed by atoms with Crippen LogP contribution in [-0.4, -0.2) is 35.9 Å². The first-order valence-electron chi connectivity index (χ1n) is 6.89. The quantitative estimate of drug-likeness (QED) is 0.611. The lowest BCUT2D eigenvalue weighted by Gasteiger charge is -2.11. The van der Waals surface area contributed by atoms with Crippen molar-refractivity contribution in [2.45, 2.75) is 0 Å². The Morgan fingerprint density at radius 3 is 2.32 bits per heavy atom. The number of rotatable bonds is 5. The highest BCUT2D eigenvalue weighted by Crippen LogP contribution is 2.34. The molecule has 2 rings (SSSR count). The average molecular weight is 346 g/mol. The van der Waals surface area contributed by atoms with E-state index in [2.05, 4.69) is 15.8 Å². The van der Waals surface area contributed by atoms with Crippen molar-refractivity contribution in [3.63, 3.8) is 0 Å². The molecule has 130 valence electrons. The van der Waals surface area contributed by atoms with Crippen LogP contribution in [-0.2, 0) is 0 Å². The van der Waals surface area contributed by atoms with E-state index in [1.54, 1.807) is 6.07 Å². The fraction of sp³-hybridized carbons (Fsp3) is 0.133. The normalized spacial score (nSPS) is 9.84. The minimum Gasteiger partial charge on any atom is -0.493 e.